The fraction of sp³-hybridized carbons (Fsp3) is 0.857. The Kier molecular flexibility index (Phi) is 10.8. The van der Waals surface area contributed by atoms with E-state index in [0.717, 1.165) is 25.7 Å². The second-order valence-corrected chi connectivity index (χ2v) is 19.3. The number of unbranched alkanes of at least 4 members (excludes halogenated alkanes) is 3. The molecule has 2 nitrogen and oxygen atoms in total. The minimum absolute atomic E-state index is 0.374. The van der Waals surface area contributed by atoms with E-state index in [1.807, 2.05) is 6.08 Å². The van der Waals surface area contributed by atoms with Crippen molar-refractivity contribution in [2.75, 3.05) is 0 Å². The molecule has 0 aromatic rings. The zero-order valence-electron chi connectivity index (χ0n) is 16.5. The molecule has 1 aliphatic carbocycles. The third-order valence-electron chi connectivity index (χ3n) is 5.59. The molecule has 1 atom stereocenters. The zero-order valence-corrected chi connectivity index (χ0v) is 19.4. The molecule has 0 bridgehead atoms. The van der Waals surface area contributed by atoms with E-state index < -0.39 is 24.4 Å². The van der Waals surface area contributed by atoms with Gasteiger partial charge < -0.3 is 0 Å². The molecule has 3 heteroatoms. The molecular weight excluding hydrogens is 403 g/mol. The molecule has 0 aromatic carbocycles. The van der Waals surface area contributed by atoms with Gasteiger partial charge in [-0.2, -0.15) is 0 Å². The molecule has 140 valence electrons. The summed E-state index contributed by atoms with van der Waals surface area (Å²) in [5.74, 6) is 0.374. The van der Waals surface area contributed by atoms with Crippen LogP contribution in [0, 0.1) is 0 Å². The average molecular weight is 443 g/mol. The number of ketones is 1. The molecule has 0 heterocycles. The first-order valence-electron chi connectivity index (χ1n) is 10.4. The monoisotopic (exact) mass is 444 g/mol. The summed E-state index contributed by atoms with van der Waals surface area (Å²) < 4.78 is 11.0. The first kappa shape index (κ1) is 22.2. The van der Waals surface area contributed by atoms with Crippen LogP contribution < -0.4 is 0 Å². The van der Waals surface area contributed by atoms with Crippen molar-refractivity contribution >= 4 is 24.6 Å². The molecule has 1 aliphatic rings. The third-order valence-corrected chi connectivity index (χ3v) is 18.8. The second-order valence-electron chi connectivity index (χ2n) is 7.71. The van der Waals surface area contributed by atoms with Gasteiger partial charge in [0.1, 0.15) is 0 Å². The van der Waals surface area contributed by atoms with Crippen LogP contribution in [0.15, 0.2) is 12.7 Å². The number of Topliss-reactive ketones (excluding diaryl/α,β-unsaturated/α-hetero) is 1. The van der Waals surface area contributed by atoms with E-state index in [2.05, 4.69) is 27.4 Å². The van der Waals surface area contributed by atoms with E-state index in [1.54, 1.807) is 0 Å². The van der Waals surface area contributed by atoms with E-state index in [1.165, 1.54) is 51.8 Å². The molecule has 0 aliphatic heterocycles. The van der Waals surface area contributed by atoms with E-state index >= 15 is 0 Å². The number of hydrogen-bond donors (Lipinski definition) is 0. The Balaban J connectivity index is 3.06. The van der Waals surface area contributed by atoms with Gasteiger partial charge in [-0.1, -0.05) is 0 Å². The van der Waals surface area contributed by atoms with Crippen molar-refractivity contribution in [3.63, 3.8) is 0 Å². The van der Waals surface area contributed by atoms with E-state index in [-0.39, 0.29) is 0 Å². The van der Waals surface area contributed by atoms with Gasteiger partial charge in [-0.25, -0.2) is 0 Å². The van der Waals surface area contributed by atoms with Gasteiger partial charge in [0.25, 0.3) is 0 Å². The Bertz CT molecular complexity index is 358. The van der Waals surface area contributed by atoms with Gasteiger partial charge in [0.2, 0.25) is 0 Å². The van der Waals surface area contributed by atoms with Crippen molar-refractivity contribution in [3.05, 3.63) is 12.7 Å². The van der Waals surface area contributed by atoms with E-state index in [4.69, 9.17) is 3.07 Å². The summed E-state index contributed by atoms with van der Waals surface area (Å²) in [6.45, 7) is 10.8. The minimum atomic E-state index is -2.76. The van der Waals surface area contributed by atoms with Crippen LogP contribution in [-0.2, 0) is 7.87 Å². The first-order valence-corrected chi connectivity index (χ1v) is 17.6. The molecule has 24 heavy (non-hydrogen) atoms. The maximum absolute atomic E-state index is 12.9. The first-order chi connectivity index (χ1) is 11.6. The van der Waals surface area contributed by atoms with Crippen LogP contribution in [0.2, 0.25) is 13.3 Å². The van der Waals surface area contributed by atoms with Gasteiger partial charge in [0, 0.05) is 0 Å². The van der Waals surface area contributed by atoms with Crippen molar-refractivity contribution in [2.45, 2.75) is 110 Å². The second kappa shape index (κ2) is 11.7. The third kappa shape index (κ3) is 6.48. The molecule has 1 unspecified atom stereocenters. The summed E-state index contributed by atoms with van der Waals surface area (Å²) in [5, 5.41) is 0. The fourth-order valence-electron chi connectivity index (χ4n) is 4.10. The Morgan fingerprint density at radius 1 is 1.04 bits per heavy atom. The summed E-state index contributed by atoms with van der Waals surface area (Å²) in [4.78, 5) is 12.9. The topological polar surface area (TPSA) is 26.3 Å². The Hall–Kier alpha value is 0.169. The summed E-state index contributed by atoms with van der Waals surface area (Å²) in [6, 6.07) is 0. The molecule has 0 saturated heterocycles. The Labute approximate surface area is 155 Å². The van der Waals surface area contributed by atoms with E-state index in [0.29, 0.717) is 12.2 Å². The Morgan fingerprint density at radius 2 is 1.58 bits per heavy atom. The zero-order chi connectivity index (χ0) is 17.9. The summed E-state index contributed by atoms with van der Waals surface area (Å²) >= 11 is -2.76. The average Bonchev–Trinajstić information content (AvgIpc) is 2.59. The predicted molar refractivity (Wildman–Crippen MR) is 107 cm³/mol. The van der Waals surface area contributed by atoms with Crippen molar-refractivity contribution in [2.24, 2.45) is 0 Å². The van der Waals surface area contributed by atoms with Gasteiger partial charge in [0.15, 0.2) is 0 Å². The number of rotatable bonds is 13. The quantitative estimate of drug-likeness (QED) is 0.231. The van der Waals surface area contributed by atoms with Crippen molar-refractivity contribution in [3.8, 4) is 0 Å². The molecule has 0 spiro atoms. The molecule has 1 saturated carbocycles. The van der Waals surface area contributed by atoms with Crippen molar-refractivity contribution < 1.29 is 7.87 Å². The fourth-order valence-corrected chi connectivity index (χ4v) is 18.9. The van der Waals surface area contributed by atoms with Gasteiger partial charge >= 0.3 is 155 Å². The summed E-state index contributed by atoms with van der Waals surface area (Å²) in [5.41, 5.74) is -0.495. The molecule has 0 radical (unpaired) electrons. The van der Waals surface area contributed by atoms with Gasteiger partial charge in [-0.05, 0) is 0 Å². The maximum atomic E-state index is 12.9. The molecule has 0 aromatic heterocycles. The summed E-state index contributed by atoms with van der Waals surface area (Å²) in [7, 11) is 0. The van der Waals surface area contributed by atoms with Crippen molar-refractivity contribution in [1.82, 2.24) is 0 Å². The van der Waals surface area contributed by atoms with Gasteiger partial charge in [-0.15, -0.1) is 0 Å². The van der Waals surface area contributed by atoms with Crippen LogP contribution in [0.3, 0.4) is 0 Å². The standard InChI is InChI=1S/C9H13O2.3C4H9.Sn/c1-2-6-9(11)7-4-3-5-8(9)10;3*1-3-4-2;/h2H,1,3-7H2;3*1,3-4H2,2H3;/q-1;;;;+1. The van der Waals surface area contributed by atoms with Crippen LogP contribution in [0.25, 0.3) is 0 Å². The summed E-state index contributed by atoms with van der Waals surface area (Å²) in [6.07, 6.45) is 14.0. The predicted octanol–water partition coefficient (Wildman–Crippen LogP) is 6.81. The molecule has 1 fully saturated rings. The van der Waals surface area contributed by atoms with E-state index in [9.17, 15) is 4.79 Å². The van der Waals surface area contributed by atoms with Gasteiger partial charge in [0.05, 0.1) is 0 Å². The van der Waals surface area contributed by atoms with Crippen LogP contribution >= 0.6 is 0 Å². The SMILES string of the molecule is C=CCC1([O][Sn]([CH2]CCC)([CH2]CCC)[CH2]CCC)CCCCC1=O. The Morgan fingerprint density at radius 3 is 2.00 bits per heavy atom. The van der Waals surface area contributed by atoms with Crippen LogP contribution in [0.1, 0.15) is 91.4 Å². The molecule has 0 amide bonds. The van der Waals surface area contributed by atoms with Crippen LogP contribution in [0.4, 0.5) is 0 Å². The number of carbonyl (C=O) groups is 1. The normalized spacial score (nSPS) is 21.9. The molecular formula is C21H40O2Sn. The number of carbonyl (C=O) groups excluding carboxylic acids is 1. The molecule has 0 N–H and O–H groups in total. The molecule has 1 rings (SSSR count). The van der Waals surface area contributed by atoms with Gasteiger partial charge in [-0.3, -0.25) is 0 Å². The van der Waals surface area contributed by atoms with Crippen LogP contribution in [-0.4, -0.2) is 30.2 Å². The number of hydrogen-bond acceptors (Lipinski definition) is 2. The van der Waals surface area contributed by atoms with Crippen LogP contribution in [0.5, 0.6) is 0 Å². The van der Waals surface area contributed by atoms with Crippen molar-refractivity contribution in [1.29, 1.82) is 0 Å².